The number of anilines is 1. The summed E-state index contributed by atoms with van der Waals surface area (Å²) in [7, 11) is 0. The van der Waals surface area contributed by atoms with Gasteiger partial charge in [-0.3, -0.25) is 0 Å². The van der Waals surface area contributed by atoms with E-state index in [9.17, 15) is 4.79 Å². The van der Waals surface area contributed by atoms with Gasteiger partial charge in [-0.05, 0) is 66.7 Å². The molecule has 0 radical (unpaired) electrons. The summed E-state index contributed by atoms with van der Waals surface area (Å²) in [6, 6.07) is 6.01. The molecule has 0 amide bonds. The first-order chi connectivity index (χ1) is 8.61. The first kappa shape index (κ1) is 13.4. The average Bonchev–Trinajstić information content (AvgIpc) is 3.16. The van der Waals surface area contributed by atoms with E-state index in [0.29, 0.717) is 18.2 Å². The predicted molar refractivity (Wildman–Crippen MR) is 75.9 cm³/mol. The van der Waals surface area contributed by atoms with Gasteiger partial charge in [0.1, 0.15) is 0 Å². The van der Waals surface area contributed by atoms with Crippen LogP contribution in [-0.2, 0) is 4.74 Å². The summed E-state index contributed by atoms with van der Waals surface area (Å²) in [6.07, 6.45) is 2.62. The third-order valence-corrected chi connectivity index (χ3v) is 3.85. The highest BCUT2D eigenvalue weighted by atomic mass is 79.9. The van der Waals surface area contributed by atoms with Crippen LogP contribution in [0.2, 0.25) is 0 Å². The average molecular weight is 312 g/mol. The summed E-state index contributed by atoms with van der Waals surface area (Å²) in [5.41, 5.74) is 1.61. The Bertz CT molecular complexity index is 443. The molecule has 0 spiro atoms. The van der Waals surface area contributed by atoms with Gasteiger partial charge in [0.2, 0.25) is 0 Å². The van der Waals surface area contributed by atoms with Crippen molar-refractivity contribution in [3.05, 3.63) is 28.2 Å². The lowest BCUT2D eigenvalue weighted by Crippen LogP contribution is -2.17. The highest BCUT2D eigenvalue weighted by Crippen LogP contribution is 2.35. The summed E-state index contributed by atoms with van der Waals surface area (Å²) in [5, 5.41) is 3.47. The fraction of sp³-hybridized carbons (Fsp3) is 0.500. The molecule has 0 saturated heterocycles. The Morgan fingerprint density at radius 2 is 2.28 bits per heavy atom. The summed E-state index contributed by atoms with van der Waals surface area (Å²) < 4.78 is 5.88. The van der Waals surface area contributed by atoms with Gasteiger partial charge in [0.15, 0.2) is 0 Å². The van der Waals surface area contributed by atoms with Gasteiger partial charge in [-0.1, -0.05) is 0 Å². The Kier molecular flexibility index (Phi) is 4.27. The van der Waals surface area contributed by atoms with Gasteiger partial charge in [0.05, 0.1) is 12.2 Å². The molecule has 0 bridgehead atoms. The van der Waals surface area contributed by atoms with Crippen LogP contribution in [0.25, 0.3) is 0 Å². The molecule has 4 heteroatoms. The van der Waals surface area contributed by atoms with Crippen LogP contribution in [-0.4, -0.2) is 18.6 Å². The number of benzene rings is 1. The number of nitrogens with one attached hydrogen (secondary N) is 1. The lowest BCUT2D eigenvalue weighted by Gasteiger charge is -2.16. The number of esters is 1. The first-order valence-electron chi connectivity index (χ1n) is 6.35. The molecule has 1 aromatic carbocycles. The molecule has 1 aliphatic carbocycles. The van der Waals surface area contributed by atoms with E-state index in [1.165, 1.54) is 12.8 Å². The Balaban J connectivity index is 2.06. The number of rotatable bonds is 5. The van der Waals surface area contributed by atoms with Gasteiger partial charge in [0.25, 0.3) is 0 Å². The van der Waals surface area contributed by atoms with Crippen LogP contribution in [0.3, 0.4) is 0 Å². The largest absolute Gasteiger partial charge is 0.462 e. The van der Waals surface area contributed by atoms with Crippen LogP contribution in [0, 0.1) is 5.92 Å². The quantitative estimate of drug-likeness (QED) is 0.840. The molecule has 1 aliphatic rings. The standard InChI is InChI=1S/C14H18BrNO2/c1-3-18-14(17)11-6-7-13(12(15)8-11)16-9(2)10-4-5-10/h6-10,16H,3-5H2,1-2H3. The van der Waals surface area contributed by atoms with Gasteiger partial charge in [-0.15, -0.1) is 0 Å². The van der Waals surface area contributed by atoms with Crippen molar-refractivity contribution in [3.63, 3.8) is 0 Å². The second-order valence-electron chi connectivity index (χ2n) is 4.69. The molecule has 1 saturated carbocycles. The van der Waals surface area contributed by atoms with E-state index >= 15 is 0 Å². The minimum atomic E-state index is -0.278. The van der Waals surface area contributed by atoms with Crippen LogP contribution < -0.4 is 5.32 Å². The normalized spacial score (nSPS) is 16.2. The predicted octanol–water partition coefficient (Wildman–Crippen LogP) is 3.84. The second kappa shape index (κ2) is 5.74. The van der Waals surface area contributed by atoms with Crippen molar-refractivity contribution in [1.82, 2.24) is 0 Å². The zero-order valence-corrected chi connectivity index (χ0v) is 12.3. The van der Waals surface area contributed by atoms with E-state index < -0.39 is 0 Å². The molecule has 3 nitrogen and oxygen atoms in total. The Morgan fingerprint density at radius 3 is 2.83 bits per heavy atom. The molecule has 1 N–H and O–H groups in total. The fourth-order valence-electron chi connectivity index (χ4n) is 1.93. The van der Waals surface area contributed by atoms with Gasteiger partial charge in [-0.2, -0.15) is 0 Å². The van der Waals surface area contributed by atoms with E-state index in [2.05, 4.69) is 28.2 Å². The van der Waals surface area contributed by atoms with Crippen molar-refractivity contribution in [1.29, 1.82) is 0 Å². The third kappa shape index (κ3) is 3.25. The topological polar surface area (TPSA) is 38.3 Å². The second-order valence-corrected chi connectivity index (χ2v) is 5.54. The van der Waals surface area contributed by atoms with E-state index in [0.717, 1.165) is 16.1 Å². The maximum Gasteiger partial charge on any atom is 0.338 e. The lowest BCUT2D eigenvalue weighted by atomic mass is 10.1. The van der Waals surface area contributed by atoms with E-state index in [4.69, 9.17) is 4.74 Å². The van der Waals surface area contributed by atoms with Crippen molar-refractivity contribution < 1.29 is 9.53 Å². The lowest BCUT2D eigenvalue weighted by molar-refractivity contribution is 0.0526. The summed E-state index contributed by atoms with van der Waals surface area (Å²) in [5.74, 6) is 0.515. The van der Waals surface area contributed by atoms with Crippen molar-refractivity contribution in [2.24, 2.45) is 5.92 Å². The monoisotopic (exact) mass is 311 g/mol. The number of hydrogen-bond donors (Lipinski definition) is 1. The first-order valence-corrected chi connectivity index (χ1v) is 7.14. The van der Waals surface area contributed by atoms with Gasteiger partial charge >= 0.3 is 5.97 Å². The molecule has 1 atom stereocenters. The third-order valence-electron chi connectivity index (χ3n) is 3.19. The minimum absolute atomic E-state index is 0.278. The minimum Gasteiger partial charge on any atom is -0.462 e. The van der Waals surface area contributed by atoms with Crippen molar-refractivity contribution in [2.45, 2.75) is 32.7 Å². The van der Waals surface area contributed by atoms with E-state index in [1.807, 2.05) is 6.07 Å². The number of ether oxygens (including phenoxy) is 1. The van der Waals surface area contributed by atoms with E-state index in [-0.39, 0.29) is 5.97 Å². The molecule has 1 aromatic rings. The highest BCUT2D eigenvalue weighted by molar-refractivity contribution is 9.10. The molecule has 1 fully saturated rings. The fourth-order valence-corrected chi connectivity index (χ4v) is 2.43. The molecule has 0 aliphatic heterocycles. The Labute approximate surface area is 116 Å². The molecular formula is C14H18BrNO2. The molecule has 18 heavy (non-hydrogen) atoms. The Morgan fingerprint density at radius 1 is 1.56 bits per heavy atom. The maximum absolute atomic E-state index is 11.6. The number of carbonyl (C=O) groups is 1. The molecule has 2 rings (SSSR count). The summed E-state index contributed by atoms with van der Waals surface area (Å²) in [4.78, 5) is 11.6. The maximum atomic E-state index is 11.6. The molecular weight excluding hydrogens is 294 g/mol. The van der Waals surface area contributed by atoms with Crippen molar-refractivity contribution >= 4 is 27.6 Å². The number of hydrogen-bond acceptors (Lipinski definition) is 3. The van der Waals surface area contributed by atoms with Crippen LogP contribution in [0.4, 0.5) is 5.69 Å². The summed E-state index contributed by atoms with van der Waals surface area (Å²) >= 11 is 3.49. The van der Waals surface area contributed by atoms with Crippen LogP contribution in [0.1, 0.15) is 37.0 Å². The van der Waals surface area contributed by atoms with Gasteiger partial charge in [-0.25, -0.2) is 4.79 Å². The Hall–Kier alpha value is -1.03. The van der Waals surface area contributed by atoms with Gasteiger partial charge < -0.3 is 10.1 Å². The zero-order valence-electron chi connectivity index (χ0n) is 10.7. The molecule has 1 unspecified atom stereocenters. The van der Waals surface area contributed by atoms with Crippen LogP contribution in [0.5, 0.6) is 0 Å². The summed E-state index contributed by atoms with van der Waals surface area (Å²) in [6.45, 7) is 4.40. The number of halogens is 1. The van der Waals surface area contributed by atoms with Crippen molar-refractivity contribution in [2.75, 3.05) is 11.9 Å². The highest BCUT2D eigenvalue weighted by Gasteiger charge is 2.28. The zero-order chi connectivity index (χ0) is 13.1. The molecule has 0 aromatic heterocycles. The van der Waals surface area contributed by atoms with Crippen molar-refractivity contribution in [3.8, 4) is 0 Å². The molecule has 98 valence electrons. The van der Waals surface area contributed by atoms with E-state index in [1.54, 1.807) is 19.1 Å². The molecule has 0 heterocycles. The van der Waals surface area contributed by atoms with Crippen LogP contribution in [0.15, 0.2) is 22.7 Å². The number of carbonyl (C=O) groups excluding carboxylic acids is 1. The smallest absolute Gasteiger partial charge is 0.338 e. The SMILES string of the molecule is CCOC(=O)c1ccc(NC(C)C2CC2)c(Br)c1. The van der Waals surface area contributed by atoms with Gasteiger partial charge in [0, 0.05) is 16.2 Å². The van der Waals surface area contributed by atoms with Crippen LogP contribution >= 0.6 is 15.9 Å².